The molecule has 0 saturated carbocycles. The average molecular weight is 285 g/mol. The van der Waals surface area contributed by atoms with E-state index >= 15 is 0 Å². The molecule has 0 radical (unpaired) electrons. The summed E-state index contributed by atoms with van der Waals surface area (Å²) in [5.74, 6) is 0.657. The summed E-state index contributed by atoms with van der Waals surface area (Å²) in [6.45, 7) is 1.29. The van der Waals surface area contributed by atoms with Crippen LogP contribution >= 0.6 is 0 Å². The first-order valence-electron chi connectivity index (χ1n) is 6.32. The predicted molar refractivity (Wildman–Crippen MR) is 72.2 cm³/mol. The van der Waals surface area contributed by atoms with E-state index in [0.29, 0.717) is 18.8 Å². The van der Waals surface area contributed by atoms with Gasteiger partial charge in [-0.1, -0.05) is 6.07 Å². The number of aliphatic hydroxyl groups excluding tert-OH is 1. The second kappa shape index (κ2) is 5.90. The van der Waals surface area contributed by atoms with Crippen molar-refractivity contribution in [2.24, 2.45) is 0 Å². The van der Waals surface area contributed by atoms with Crippen LogP contribution in [0.3, 0.4) is 0 Å². The van der Waals surface area contributed by atoms with Crippen LogP contribution in [0.5, 0.6) is 5.75 Å². The smallest absolute Gasteiger partial charge is 0.175 e. The van der Waals surface area contributed by atoms with Crippen LogP contribution in [0.25, 0.3) is 0 Å². The van der Waals surface area contributed by atoms with Crippen LogP contribution < -0.4 is 10.1 Å². The minimum atomic E-state index is -3.20. The summed E-state index contributed by atoms with van der Waals surface area (Å²) in [5, 5.41) is 11.8. The number of hydrogen-bond acceptors (Lipinski definition) is 5. The Morgan fingerprint density at radius 2 is 2.26 bits per heavy atom. The van der Waals surface area contributed by atoms with Crippen LogP contribution in [0.1, 0.15) is 12.0 Å². The topological polar surface area (TPSA) is 75.6 Å². The van der Waals surface area contributed by atoms with Crippen LogP contribution in [0.4, 0.5) is 0 Å². The first-order valence-corrected chi connectivity index (χ1v) is 8.21. The molecule has 0 saturated heterocycles. The number of hydrogen-bond donors (Lipinski definition) is 2. The second-order valence-corrected chi connectivity index (χ2v) is 6.76. The lowest BCUT2D eigenvalue weighted by molar-refractivity contribution is 0.167. The van der Waals surface area contributed by atoms with E-state index in [1.54, 1.807) is 12.1 Å². The van der Waals surface area contributed by atoms with Gasteiger partial charge < -0.3 is 15.2 Å². The molecule has 1 aliphatic rings. The van der Waals surface area contributed by atoms with Gasteiger partial charge in [0.1, 0.15) is 11.9 Å². The Kier molecular flexibility index (Phi) is 4.44. The van der Waals surface area contributed by atoms with Crippen molar-refractivity contribution in [1.82, 2.24) is 5.32 Å². The number of aryl methyl sites for hydroxylation is 1. The predicted octanol–water partition coefficient (Wildman–Crippen LogP) is 0.366. The first kappa shape index (κ1) is 14.3. The van der Waals surface area contributed by atoms with Crippen LogP contribution in [0.15, 0.2) is 23.1 Å². The van der Waals surface area contributed by atoms with Crippen molar-refractivity contribution in [3.63, 3.8) is 0 Å². The van der Waals surface area contributed by atoms with E-state index in [0.717, 1.165) is 18.4 Å². The summed E-state index contributed by atoms with van der Waals surface area (Å²) in [7, 11) is -3.20. The highest BCUT2D eigenvalue weighted by Gasteiger charge is 2.21. The summed E-state index contributed by atoms with van der Waals surface area (Å²) in [6.07, 6.45) is 2.99. The van der Waals surface area contributed by atoms with Crippen LogP contribution in [0.2, 0.25) is 0 Å². The molecule has 1 aliphatic heterocycles. The van der Waals surface area contributed by atoms with Gasteiger partial charge >= 0.3 is 0 Å². The fourth-order valence-corrected chi connectivity index (χ4v) is 2.76. The Balaban J connectivity index is 2.10. The number of ether oxygens (including phenoxy) is 1. The molecule has 0 spiro atoms. The summed E-state index contributed by atoms with van der Waals surface area (Å²) in [4.78, 5) is 0.287. The lowest BCUT2D eigenvalue weighted by Gasteiger charge is -2.26. The molecule has 2 N–H and O–H groups in total. The van der Waals surface area contributed by atoms with E-state index in [1.807, 2.05) is 6.07 Å². The monoisotopic (exact) mass is 285 g/mol. The van der Waals surface area contributed by atoms with E-state index in [1.165, 1.54) is 6.26 Å². The lowest BCUT2D eigenvalue weighted by atomic mass is 10.0. The van der Waals surface area contributed by atoms with E-state index in [2.05, 4.69) is 5.32 Å². The molecule has 0 unspecified atom stereocenters. The number of rotatable bonds is 5. The zero-order chi connectivity index (χ0) is 13.9. The number of fused-ring (bicyclic) bond motifs is 1. The molecule has 0 amide bonds. The Morgan fingerprint density at radius 1 is 1.47 bits per heavy atom. The standard InChI is InChI=1S/C13H19NO4S/c1-19(16,17)12-5-3-10-2-4-11(9-14-6-7-15)18-13(10)8-12/h3,5,8,11,14-15H,2,4,6-7,9H2,1H3/t11-/m1/s1. The van der Waals surface area contributed by atoms with Gasteiger partial charge in [-0.15, -0.1) is 0 Å². The van der Waals surface area contributed by atoms with Gasteiger partial charge in [-0.25, -0.2) is 8.42 Å². The van der Waals surface area contributed by atoms with E-state index in [-0.39, 0.29) is 17.6 Å². The number of sulfone groups is 1. The van der Waals surface area contributed by atoms with E-state index in [9.17, 15) is 8.42 Å². The van der Waals surface area contributed by atoms with E-state index < -0.39 is 9.84 Å². The van der Waals surface area contributed by atoms with Crippen molar-refractivity contribution >= 4 is 9.84 Å². The zero-order valence-electron chi connectivity index (χ0n) is 10.9. The quantitative estimate of drug-likeness (QED) is 0.764. The number of aliphatic hydroxyl groups is 1. The second-order valence-electron chi connectivity index (χ2n) is 4.75. The first-order chi connectivity index (χ1) is 9.00. The average Bonchev–Trinajstić information content (AvgIpc) is 2.37. The van der Waals surface area contributed by atoms with Gasteiger partial charge in [0.15, 0.2) is 9.84 Å². The van der Waals surface area contributed by atoms with Crippen molar-refractivity contribution in [2.75, 3.05) is 26.0 Å². The van der Waals surface area contributed by atoms with Gasteiger partial charge in [0.2, 0.25) is 0 Å². The summed E-state index contributed by atoms with van der Waals surface area (Å²) >= 11 is 0. The van der Waals surface area contributed by atoms with E-state index in [4.69, 9.17) is 9.84 Å². The van der Waals surface area contributed by atoms with Crippen LogP contribution in [-0.2, 0) is 16.3 Å². The van der Waals surface area contributed by atoms with Crippen molar-refractivity contribution in [3.8, 4) is 5.75 Å². The van der Waals surface area contributed by atoms with Crippen molar-refractivity contribution in [2.45, 2.75) is 23.8 Å². The molecule has 2 rings (SSSR count). The maximum atomic E-state index is 11.5. The molecule has 19 heavy (non-hydrogen) atoms. The van der Waals surface area contributed by atoms with Crippen molar-refractivity contribution in [1.29, 1.82) is 0 Å². The molecule has 0 bridgehead atoms. The maximum Gasteiger partial charge on any atom is 0.175 e. The minimum Gasteiger partial charge on any atom is -0.489 e. The van der Waals surface area contributed by atoms with Gasteiger partial charge in [-0.05, 0) is 30.5 Å². The number of benzene rings is 1. The SMILES string of the molecule is CS(=O)(=O)c1ccc2c(c1)O[C@@H](CNCCO)CC2. The van der Waals surface area contributed by atoms with Gasteiger partial charge in [0.05, 0.1) is 11.5 Å². The Morgan fingerprint density at radius 3 is 2.95 bits per heavy atom. The highest BCUT2D eigenvalue weighted by molar-refractivity contribution is 7.90. The Bertz CT molecular complexity index is 542. The van der Waals surface area contributed by atoms with Gasteiger partial charge in [-0.2, -0.15) is 0 Å². The summed E-state index contributed by atoms with van der Waals surface area (Å²) in [5.41, 5.74) is 1.05. The highest BCUT2D eigenvalue weighted by atomic mass is 32.2. The van der Waals surface area contributed by atoms with Crippen molar-refractivity contribution in [3.05, 3.63) is 23.8 Å². The molecule has 0 aromatic heterocycles. The lowest BCUT2D eigenvalue weighted by Crippen LogP contribution is -2.35. The maximum absolute atomic E-state index is 11.5. The Hall–Kier alpha value is -1.11. The molecule has 106 valence electrons. The fourth-order valence-electron chi connectivity index (χ4n) is 2.12. The van der Waals surface area contributed by atoms with Crippen LogP contribution in [-0.4, -0.2) is 45.6 Å². The third-order valence-electron chi connectivity index (χ3n) is 3.16. The highest BCUT2D eigenvalue weighted by Crippen LogP contribution is 2.29. The zero-order valence-corrected chi connectivity index (χ0v) is 11.7. The van der Waals surface area contributed by atoms with Gasteiger partial charge in [0.25, 0.3) is 0 Å². The normalized spacial score (nSPS) is 18.7. The molecular formula is C13H19NO4S. The van der Waals surface area contributed by atoms with Crippen LogP contribution in [0, 0.1) is 0 Å². The molecular weight excluding hydrogens is 266 g/mol. The third kappa shape index (κ3) is 3.68. The molecule has 5 nitrogen and oxygen atoms in total. The molecule has 0 aliphatic carbocycles. The molecule has 1 aromatic carbocycles. The largest absolute Gasteiger partial charge is 0.489 e. The molecule has 6 heteroatoms. The van der Waals surface area contributed by atoms with Gasteiger partial charge in [0, 0.05) is 19.3 Å². The van der Waals surface area contributed by atoms with Crippen molar-refractivity contribution < 1.29 is 18.3 Å². The number of nitrogens with one attached hydrogen (secondary N) is 1. The molecule has 0 fully saturated rings. The molecule has 1 atom stereocenters. The Labute approximate surface area is 113 Å². The molecule has 1 aromatic rings. The summed E-state index contributed by atoms with van der Waals surface area (Å²) < 4.78 is 28.8. The summed E-state index contributed by atoms with van der Waals surface area (Å²) in [6, 6.07) is 5.05. The molecule has 1 heterocycles. The van der Waals surface area contributed by atoms with Gasteiger partial charge in [-0.3, -0.25) is 0 Å². The minimum absolute atomic E-state index is 0.0221. The fraction of sp³-hybridized carbons (Fsp3) is 0.538. The third-order valence-corrected chi connectivity index (χ3v) is 4.27.